The zero-order valence-corrected chi connectivity index (χ0v) is 26.1. The molecule has 4 fully saturated rings. The molecule has 9 nitrogen and oxygen atoms in total. The predicted molar refractivity (Wildman–Crippen MR) is 161 cm³/mol. The Morgan fingerprint density at radius 1 is 1.20 bits per heavy atom. The summed E-state index contributed by atoms with van der Waals surface area (Å²) in [5.41, 5.74) is -0.724. The fourth-order valence-corrected chi connectivity index (χ4v) is 7.93. The summed E-state index contributed by atoms with van der Waals surface area (Å²) in [7, 11) is 0. The van der Waals surface area contributed by atoms with Crippen LogP contribution in [0.15, 0.2) is 36.3 Å². The molecule has 1 saturated heterocycles. The Hall–Kier alpha value is -4.42. The number of carbonyl (C=O) groups is 3. The number of nitriles is 1. The van der Waals surface area contributed by atoms with Gasteiger partial charge >= 0.3 is 12.1 Å². The van der Waals surface area contributed by atoms with Gasteiger partial charge in [-0.3, -0.25) is 19.4 Å². The van der Waals surface area contributed by atoms with Crippen LogP contribution in [0.1, 0.15) is 65.0 Å². The van der Waals surface area contributed by atoms with E-state index in [4.69, 9.17) is 4.74 Å². The zero-order chi connectivity index (χ0) is 33.4. The van der Waals surface area contributed by atoms with Gasteiger partial charge in [-0.2, -0.15) is 18.4 Å². The lowest BCUT2D eigenvalue weighted by Crippen LogP contribution is -2.62. The second kappa shape index (κ2) is 10.3. The first-order chi connectivity index (χ1) is 21.6. The quantitative estimate of drug-likeness (QED) is 0.332. The summed E-state index contributed by atoms with van der Waals surface area (Å²) in [5, 5.41) is 16.1. The van der Waals surface area contributed by atoms with E-state index in [-0.39, 0.29) is 23.1 Å². The Morgan fingerprint density at radius 3 is 2.52 bits per heavy atom. The molecule has 1 aliphatic heterocycles. The number of allylic oxidation sites excluding steroid dienone is 1. The second-order valence-corrected chi connectivity index (χ2v) is 13.6. The third kappa shape index (κ3) is 4.65. The van der Waals surface area contributed by atoms with E-state index in [0.717, 1.165) is 16.3 Å². The summed E-state index contributed by atoms with van der Waals surface area (Å²) in [5.74, 6) is 2.19. The van der Waals surface area contributed by atoms with Gasteiger partial charge in [0.2, 0.25) is 11.8 Å². The lowest BCUT2D eigenvalue weighted by Gasteiger charge is -2.41. The molecule has 240 valence electrons. The van der Waals surface area contributed by atoms with Crippen molar-refractivity contribution in [1.82, 2.24) is 20.5 Å². The fourth-order valence-electron chi connectivity index (χ4n) is 7.93. The molecule has 3 amide bonds. The lowest BCUT2D eigenvalue weighted by molar-refractivity contribution is -0.177. The summed E-state index contributed by atoms with van der Waals surface area (Å²) in [6, 6.07) is 4.80. The van der Waals surface area contributed by atoms with Gasteiger partial charge in [-0.15, -0.1) is 5.92 Å². The van der Waals surface area contributed by atoms with E-state index in [1.165, 1.54) is 17.9 Å². The predicted octanol–water partition coefficient (Wildman–Crippen LogP) is 4.22. The van der Waals surface area contributed by atoms with Gasteiger partial charge in [0.25, 0.3) is 0 Å². The summed E-state index contributed by atoms with van der Waals surface area (Å²) < 4.78 is 46.0. The molecule has 2 aromatic rings. The first kappa shape index (κ1) is 31.6. The van der Waals surface area contributed by atoms with E-state index >= 15 is 0 Å². The van der Waals surface area contributed by atoms with Gasteiger partial charge in [-0.05, 0) is 57.6 Å². The van der Waals surface area contributed by atoms with E-state index < -0.39 is 53.1 Å². The number of pyridine rings is 1. The van der Waals surface area contributed by atoms with E-state index in [9.17, 15) is 32.8 Å². The van der Waals surface area contributed by atoms with Crippen molar-refractivity contribution < 1.29 is 32.3 Å². The maximum atomic E-state index is 14.1. The molecular weight excluding hydrogens is 599 g/mol. The third-order valence-corrected chi connectivity index (χ3v) is 10.8. The highest BCUT2D eigenvalue weighted by molar-refractivity contribution is 5.99. The Morgan fingerprint density at radius 2 is 1.91 bits per heavy atom. The van der Waals surface area contributed by atoms with Crippen LogP contribution in [0.4, 0.5) is 13.2 Å². The maximum Gasteiger partial charge on any atom is 0.471 e. The van der Waals surface area contributed by atoms with Crippen molar-refractivity contribution in [3.63, 3.8) is 0 Å². The molecular formula is C34H34F3N5O4. The van der Waals surface area contributed by atoms with Crippen LogP contribution < -0.4 is 10.6 Å². The van der Waals surface area contributed by atoms with Gasteiger partial charge in [0.1, 0.15) is 23.8 Å². The molecule has 2 N–H and O–H groups in total. The summed E-state index contributed by atoms with van der Waals surface area (Å²) >= 11 is 0. The molecule has 0 spiro atoms. The molecule has 2 heterocycles. The molecule has 2 unspecified atom stereocenters. The number of hydrogen-bond donors (Lipinski definition) is 2. The van der Waals surface area contributed by atoms with Gasteiger partial charge in [-0.25, -0.2) is 0 Å². The van der Waals surface area contributed by atoms with Crippen LogP contribution in [0, 0.1) is 39.4 Å². The van der Waals surface area contributed by atoms with Crippen LogP contribution in [-0.2, 0) is 19.1 Å². The van der Waals surface area contributed by atoms with Gasteiger partial charge < -0.3 is 20.3 Å². The molecule has 1 aromatic carbocycles. The number of hydrogen-bond acceptors (Lipinski definition) is 6. The maximum absolute atomic E-state index is 14.1. The van der Waals surface area contributed by atoms with Gasteiger partial charge in [-0.1, -0.05) is 31.9 Å². The van der Waals surface area contributed by atoms with Crippen molar-refractivity contribution in [2.75, 3.05) is 6.54 Å². The number of halogens is 3. The topological polar surface area (TPSA) is 124 Å². The number of fused-ring (bicyclic) bond motifs is 1. The fraction of sp³-hybridized carbons (Fsp3) is 0.500. The molecule has 5 atom stereocenters. The average Bonchev–Trinajstić information content (AvgIpc) is 3.92. The summed E-state index contributed by atoms with van der Waals surface area (Å²) in [6.45, 7) is 9.08. The smallest absolute Gasteiger partial charge is 0.370 e. The van der Waals surface area contributed by atoms with Crippen LogP contribution >= 0.6 is 0 Å². The zero-order valence-electron chi connectivity index (χ0n) is 26.1. The van der Waals surface area contributed by atoms with Crippen LogP contribution in [-0.4, -0.2) is 64.1 Å². The standard InChI is InChI=1S/C34H34F3N5O4/c1-6-8-20-9-7-10-21-15-39-16-22(24(20)21)13-23(14-38)40-27(43)26-33-17-32(33,30(33,3)4)18-42(26)28(44)25(41-29(45)34(35,36)37)19(2)46-31(5)11-12-31/h7,9-10,13,15-16,19,25-26H,11-12,17-18H2,1-5H3,(H,40,43)(H,41,45)/b23-13-/t19-,25+,26-,32?,33?/m1/s1. The first-order valence-electron chi connectivity index (χ1n) is 15.1. The minimum Gasteiger partial charge on any atom is -0.370 e. The van der Waals surface area contributed by atoms with E-state index in [1.807, 2.05) is 43.4 Å². The van der Waals surface area contributed by atoms with E-state index in [1.54, 1.807) is 26.2 Å². The van der Waals surface area contributed by atoms with Gasteiger partial charge in [0.05, 0.1) is 11.7 Å². The Kier molecular flexibility index (Phi) is 7.06. The molecule has 6 rings (SSSR count). The minimum atomic E-state index is -5.22. The molecule has 1 aromatic heterocycles. The van der Waals surface area contributed by atoms with Crippen LogP contribution in [0.3, 0.4) is 0 Å². The SMILES string of the molecule is CC#Cc1cccc2cncc(/C=C(/C#N)NC(=O)[C@H]3N(C(=O)[C@@H](NC(=O)C(F)(F)F)[C@@H](C)OC4(C)CC4)CC45CC34C5(C)C)c12. The largest absolute Gasteiger partial charge is 0.471 e. The lowest BCUT2D eigenvalue weighted by atomic mass is 9.80. The molecule has 46 heavy (non-hydrogen) atoms. The molecule has 4 aliphatic rings. The number of aromatic nitrogens is 1. The average molecular weight is 634 g/mol. The number of likely N-dealkylation sites (tertiary alicyclic amines) is 1. The monoisotopic (exact) mass is 633 g/mol. The summed E-state index contributed by atoms with van der Waals surface area (Å²) in [6.07, 6.45) is 0.399. The highest BCUT2D eigenvalue weighted by atomic mass is 19.4. The van der Waals surface area contributed by atoms with E-state index in [2.05, 4.69) is 22.1 Å². The molecule has 3 saturated carbocycles. The van der Waals surface area contributed by atoms with Crippen molar-refractivity contribution >= 4 is 34.6 Å². The van der Waals surface area contributed by atoms with Crippen molar-refractivity contribution in [3.05, 3.63) is 47.4 Å². The highest BCUT2D eigenvalue weighted by Gasteiger charge is 3.02. The first-order valence-corrected chi connectivity index (χ1v) is 15.1. The molecule has 12 heteroatoms. The Labute approximate surface area is 264 Å². The van der Waals surface area contributed by atoms with Crippen LogP contribution in [0.2, 0.25) is 0 Å². The summed E-state index contributed by atoms with van der Waals surface area (Å²) in [4.78, 5) is 45.8. The Balaban J connectivity index is 1.32. The Bertz CT molecular complexity index is 1810. The second-order valence-electron chi connectivity index (χ2n) is 13.6. The number of piperidine rings is 2. The number of nitrogens with one attached hydrogen (secondary N) is 2. The van der Waals surface area contributed by atoms with Gasteiger partial charge in [0, 0.05) is 51.7 Å². The van der Waals surface area contributed by atoms with Crippen molar-refractivity contribution in [3.8, 4) is 17.9 Å². The van der Waals surface area contributed by atoms with Crippen molar-refractivity contribution in [2.24, 2.45) is 16.2 Å². The molecule has 0 radical (unpaired) electrons. The van der Waals surface area contributed by atoms with Crippen LogP contribution in [0.25, 0.3) is 16.8 Å². The number of benzene rings is 1. The van der Waals surface area contributed by atoms with Crippen LogP contribution in [0.5, 0.6) is 0 Å². The van der Waals surface area contributed by atoms with Gasteiger partial charge in [0.15, 0.2) is 0 Å². The van der Waals surface area contributed by atoms with E-state index in [0.29, 0.717) is 24.8 Å². The third-order valence-electron chi connectivity index (χ3n) is 10.8. The number of alkyl halides is 3. The van der Waals surface area contributed by atoms with Crippen molar-refractivity contribution in [2.45, 2.75) is 83.8 Å². The minimum absolute atomic E-state index is 0.0979. The molecule has 3 aliphatic carbocycles. The number of ether oxygens (including phenoxy) is 1. The normalized spacial score (nSPS) is 27.6. The van der Waals surface area contributed by atoms with Crippen molar-refractivity contribution in [1.29, 1.82) is 5.26 Å². The number of rotatable bonds is 8. The number of carbonyl (C=O) groups excluding carboxylic acids is 3. The number of amides is 3. The highest BCUT2D eigenvalue weighted by Crippen LogP contribution is 3.00. The molecule has 0 bridgehead atoms. The number of nitrogens with zero attached hydrogens (tertiary/aromatic N) is 3.